The fourth-order valence-corrected chi connectivity index (χ4v) is 11.9. The van der Waals surface area contributed by atoms with Crippen LogP contribution in [0.25, 0.3) is 98.5 Å². The van der Waals surface area contributed by atoms with Crippen LogP contribution in [0.15, 0.2) is 140 Å². The molecule has 0 aliphatic carbocycles. The van der Waals surface area contributed by atoms with E-state index >= 15 is 0 Å². The average molecular weight is 1040 g/mol. The molecular weight excluding hydrogens is 959 g/mol. The van der Waals surface area contributed by atoms with Gasteiger partial charge < -0.3 is 13.7 Å². The zero-order valence-corrected chi connectivity index (χ0v) is 50.0. The van der Waals surface area contributed by atoms with Crippen molar-refractivity contribution in [3.63, 3.8) is 0 Å². The van der Waals surface area contributed by atoms with E-state index in [2.05, 4.69) is 271 Å². The number of benzene rings is 8. The third-order valence-corrected chi connectivity index (χ3v) is 16.8. The van der Waals surface area contributed by atoms with E-state index < -0.39 is 0 Å². The van der Waals surface area contributed by atoms with Crippen molar-refractivity contribution < 1.29 is 0 Å². The van der Waals surface area contributed by atoms with Crippen molar-refractivity contribution in [1.29, 1.82) is 5.26 Å². The van der Waals surface area contributed by atoms with Gasteiger partial charge in [-0.15, -0.1) is 0 Å². The van der Waals surface area contributed by atoms with Crippen molar-refractivity contribution in [3.8, 4) is 34.3 Å². The second kappa shape index (κ2) is 17.8. The molecule has 0 atom stereocenters. The Labute approximate surface area is 468 Å². The fraction of sp³-hybridized carbons (Fsp3) is 0.324. The molecule has 11 rings (SSSR count). The quantitative estimate of drug-likeness (QED) is 0.162. The summed E-state index contributed by atoms with van der Waals surface area (Å²) in [6, 6.07) is 55.3. The van der Waals surface area contributed by atoms with Crippen LogP contribution in [0, 0.1) is 17.9 Å². The number of aromatic nitrogens is 3. The Hall–Kier alpha value is -7.86. The van der Waals surface area contributed by atoms with Gasteiger partial charge in [-0.3, -0.25) is 0 Å². The molecule has 5 heteroatoms. The smallest absolute Gasteiger partial charge is 0.189 e. The Balaban J connectivity index is 1.44. The van der Waals surface area contributed by atoms with Gasteiger partial charge in [-0.1, -0.05) is 161 Å². The number of nitriles is 1. The minimum absolute atomic E-state index is 0.0913. The van der Waals surface area contributed by atoms with Gasteiger partial charge in [0.05, 0.1) is 62.8 Å². The van der Waals surface area contributed by atoms with Gasteiger partial charge in [0.2, 0.25) is 0 Å². The highest BCUT2D eigenvalue weighted by Crippen LogP contribution is 2.48. The summed E-state index contributed by atoms with van der Waals surface area (Å²) >= 11 is 0. The van der Waals surface area contributed by atoms with Crippen LogP contribution in [0.5, 0.6) is 0 Å². The largest absolute Gasteiger partial charge is 0.307 e. The van der Waals surface area contributed by atoms with Crippen LogP contribution in [0.2, 0.25) is 0 Å². The van der Waals surface area contributed by atoms with Crippen molar-refractivity contribution in [3.05, 3.63) is 190 Å². The number of fused-ring (bicyclic) bond motifs is 9. The van der Waals surface area contributed by atoms with Gasteiger partial charge in [0.1, 0.15) is 0 Å². The summed E-state index contributed by atoms with van der Waals surface area (Å²) < 4.78 is 7.59. The Bertz CT molecular complexity index is 4010. The maximum atomic E-state index is 10.6. The Morgan fingerprint density at radius 1 is 0.329 bits per heavy atom. The lowest BCUT2D eigenvalue weighted by Gasteiger charge is -2.25. The molecule has 0 saturated heterocycles. The van der Waals surface area contributed by atoms with E-state index in [1.807, 2.05) is 12.1 Å². The van der Waals surface area contributed by atoms with Crippen molar-refractivity contribution in [1.82, 2.24) is 13.7 Å². The Kier molecular flexibility index (Phi) is 12.0. The number of nitrogens with zero attached hydrogens (tertiary/aromatic N) is 5. The second-order valence-electron chi connectivity index (χ2n) is 28.8. The van der Waals surface area contributed by atoms with Crippen LogP contribution in [0.4, 0.5) is 5.69 Å². The fourth-order valence-electron chi connectivity index (χ4n) is 11.9. The molecule has 0 N–H and O–H groups in total. The molecule has 11 aromatic rings. The van der Waals surface area contributed by atoms with E-state index in [9.17, 15) is 5.26 Å². The lowest BCUT2D eigenvalue weighted by Crippen LogP contribution is -2.12. The average Bonchev–Trinajstić information content (AvgIpc) is 2.78. The zero-order valence-electron chi connectivity index (χ0n) is 50.0. The Morgan fingerprint density at radius 3 is 0.823 bits per heavy atom. The SMILES string of the molecule is [C-]#[N+]c1cc(C#N)cc(-c2cc(-n3c4ccc(C(C)(C)C)cc4c4cc(C(C)(C)C)ccc43)c(-n3c4ccc(C(C)(C)C)cc4c4cc(C(C)(C)C)ccc43)c(-n3c4ccc(C(C)(C)C)cc4c4cc(C(C)(C)C)ccc43)c2)c1. The molecule has 0 bridgehead atoms. The van der Waals surface area contributed by atoms with Crippen LogP contribution >= 0.6 is 0 Å². The summed E-state index contributed by atoms with van der Waals surface area (Å²) in [5, 5.41) is 17.8. The van der Waals surface area contributed by atoms with Gasteiger partial charge in [0, 0.05) is 37.9 Å². The molecule has 0 radical (unpaired) electrons. The summed E-state index contributed by atoms with van der Waals surface area (Å²) in [6.07, 6.45) is 0. The van der Waals surface area contributed by atoms with Gasteiger partial charge in [0.15, 0.2) is 5.69 Å². The molecule has 3 aromatic heterocycles. The van der Waals surface area contributed by atoms with Crippen LogP contribution in [-0.4, -0.2) is 13.7 Å². The first-order valence-electron chi connectivity index (χ1n) is 28.2. The third-order valence-electron chi connectivity index (χ3n) is 16.8. The normalized spacial score (nSPS) is 13.2. The van der Waals surface area contributed by atoms with E-state index in [4.69, 9.17) is 6.57 Å². The van der Waals surface area contributed by atoms with Gasteiger partial charge in [-0.2, -0.15) is 5.26 Å². The van der Waals surface area contributed by atoms with Crippen molar-refractivity contribution in [2.45, 2.75) is 157 Å². The molecule has 0 amide bonds. The zero-order chi connectivity index (χ0) is 56.8. The molecule has 0 unspecified atom stereocenters. The minimum Gasteiger partial charge on any atom is -0.307 e. The number of hydrogen-bond donors (Lipinski definition) is 0. The van der Waals surface area contributed by atoms with E-state index in [0.29, 0.717) is 11.3 Å². The molecule has 79 heavy (non-hydrogen) atoms. The molecule has 0 spiro atoms. The van der Waals surface area contributed by atoms with E-state index in [0.717, 1.165) is 61.3 Å². The Morgan fingerprint density at radius 2 is 0.582 bits per heavy atom. The molecule has 8 aromatic carbocycles. The predicted octanol–water partition coefficient (Wildman–Crippen LogP) is 20.9. The van der Waals surface area contributed by atoms with Crippen LogP contribution in [-0.2, 0) is 32.5 Å². The van der Waals surface area contributed by atoms with Crippen LogP contribution in [0.1, 0.15) is 164 Å². The first kappa shape index (κ1) is 53.2. The lowest BCUT2D eigenvalue weighted by atomic mass is 9.85. The summed E-state index contributed by atoms with van der Waals surface area (Å²) in [6.45, 7) is 49.7. The monoisotopic (exact) mass is 1040 g/mol. The van der Waals surface area contributed by atoms with Crippen LogP contribution < -0.4 is 0 Å². The van der Waals surface area contributed by atoms with Gasteiger partial charge in [-0.25, -0.2) is 4.85 Å². The first-order valence-corrected chi connectivity index (χ1v) is 28.2. The number of rotatable bonds is 4. The summed E-state index contributed by atoms with van der Waals surface area (Å²) in [7, 11) is 0. The lowest BCUT2D eigenvalue weighted by molar-refractivity contribution is 0.590. The molecule has 5 nitrogen and oxygen atoms in total. The molecule has 398 valence electrons. The highest BCUT2D eigenvalue weighted by atomic mass is 15.1. The molecule has 0 aliphatic heterocycles. The topological polar surface area (TPSA) is 42.9 Å². The number of hydrogen-bond acceptors (Lipinski definition) is 1. The van der Waals surface area contributed by atoms with Crippen molar-refractivity contribution in [2.24, 2.45) is 0 Å². The maximum Gasteiger partial charge on any atom is 0.189 e. The summed E-state index contributed by atoms with van der Waals surface area (Å²) in [5.41, 5.74) is 19.3. The molecule has 3 heterocycles. The maximum absolute atomic E-state index is 10.6. The minimum atomic E-state index is -0.0914. The van der Waals surface area contributed by atoms with Crippen molar-refractivity contribution >= 4 is 71.1 Å². The summed E-state index contributed by atoms with van der Waals surface area (Å²) in [5.74, 6) is 0. The summed E-state index contributed by atoms with van der Waals surface area (Å²) in [4.78, 5) is 3.94. The molecule has 0 saturated carbocycles. The first-order chi connectivity index (χ1) is 36.8. The molecule has 0 aliphatic rings. The highest BCUT2D eigenvalue weighted by molar-refractivity contribution is 6.14. The highest BCUT2D eigenvalue weighted by Gasteiger charge is 2.30. The van der Waals surface area contributed by atoms with E-state index in [-0.39, 0.29) is 32.5 Å². The molecule has 0 fully saturated rings. The third kappa shape index (κ3) is 9.01. The standard InChI is InChI=1S/C74H77N5/c1-69(2,3)47-20-26-60-54(37-47)55-38-48(70(4,5)6)21-27-61(55)77(60)66-35-46(45-32-44(43-75)33-53(34-45)76-19)36-67(78-62-28-22-49(71(7,8)9)39-56(62)57-40-50(72(10,11)12)23-29-63(57)78)68(66)79-64-30-24-51(73(13,14)15)41-58(64)59-42-52(74(16,17)18)25-31-65(59)79/h20-42H,1-18H3. The molecular formula is C74H77N5. The van der Waals surface area contributed by atoms with Gasteiger partial charge in [-0.05, 0) is 180 Å². The van der Waals surface area contributed by atoms with Crippen LogP contribution in [0.3, 0.4) is 0 Å². The second-order valence-corrected chi connectivity index (χ2v) is 28.8. The van der Waals surface area contributed by atoms with E-state index in [1.165, 1.54) is 65.7 Å². The van der Waals surface area contributed by atoms with Crippen molar-refractivity contribution in [2.75, 3.05) is 0 Å². The van der Waals surface area contributed by atoms with E-state index in [1.54, 1.807) is 6.07 Å². The van der Waals surface area contributed by atoms with Gasteiger partial charge >= 0.3 is 0 Å². The van der Waals surface area contributed by atoms with Gasteiger partial charge in [0.25, 0.3) is 0 Å². The predicted molar refractivity (Wildman–Crippen MR) is 338 cm³/mol.